The summed E-state index contributed by atoms with van der Waals surface area (Å²) in [5, 5.41) is 21.6. The maximum atomic E-state index is 11.0. The standard InChI is InChI=1S/C10H8N4O4/c1-7-5-11-6-12(7)9-3-2-8(13(15)16)4-10(9)14(17)18/h2-6H,1H3. The molecule has 0 saturated heterocycles. The summed E-state index contributed by atoms with van der Waals surface area (Å²) in [6.07, 6.45) is 2.97. The van der Waals surface area contributed by atoms with Crippen LogP contribution in [0.3, 0.4) is 0 Å². The fourth-order valence-electron chi connectivity index (χ4n) is 1.59. The van der Waals surface area contributed by atoms with E-state index in [1.165, 1.54) is 23.0 Å². The lowest BCUT2D eigenvalue weighted by Crippen LogP contribution is -2.01. The molecule has 2 aromatic rings. The van der Waals surface area contributed by atoms with Gasteiger partial charge in [0.05, 0.1) is 22.2 Å². The minimum Gasteiger partial charge on any atom is -0.297 e. The van der Waals surface area contributed by atoms with Crippen LogP contribution in [0.15, 0.2) is 30.7 Å². The smallest absolute Gasteiger partial charge is 0.297 e. The monoisotopic (exact) mass is 248 g/mol. The van der Waals surface area contributed by atoms with Gasteiger partial charge in [0.15, 0.2) is 0 Å². The summed E-state index contributed by atoms with van der Waals surface area (Å²) in [4.78, 5) is 24.1. The van der Waals surface area contributed by atoms with Gasteiger partial charge in [-0.05, 0) is 13.0 Å². The summed E-state index contributed by atoms with van der Waals surface area (Å²) < 4.78 is 1.50. The van der Waals surface area contributed by atoms with Gasteiger partial charge < -0.3 is 0 Å². The van der Waals surface area contributed by atoms with Gasteiger partial charge >= 0.3 is 0 Å². The Morgan fingerprint density at radius 2 is 1.94 bits per heavy atom. The van der Waals surface area contributed by atoms with E-state index < -0.39 is 9.85 Å². The molecule has 0 aliphatic carbocycles. The molecule has 18 heavy (non-hydrogen) atoms. The van der Waals surface area contributed by atoms with Crippen molar-refractivity contribution in [2.45, 2.75) is 6.92 Å². The van der Waals surface area contributed by atoms with E-state index in [0.717, 1.165) is 6.07 Å². The number of nitrogens with zero attached hydrogens (tertiary/aromatic N) is 4. The minimum atomic E-state index is -0.669. The van der Waals surface area contributed by atoms with E-state index in [1.807, 2.05) is 0 Å². The average molecular weight is 248 g/mol. The average Bonchev–Trinajstić information content (AvgIpc) is 2.74. The van der Waals surface area contributed by atoms with Crippen LogP contribution in [0.1, 0.15) is 5.69 Å². The van der Waals surface area contributed by atoms with Crippen molar-refractivity contribution in [2.75, 3.05) is 0 Å². The first-order valence-corrected chi connectivity index (χ1v) is 4.93. The van der Waals surface area contributed by atoms with Crippen molar-refractivity contribution in [1.82, 2.24) is 9.55 Å². The molecule has 0 spiro atoms. The second-order valence-electron chi connectivity index (χ2n) is 3.59. The molecule has 1 heterocycles. The van der Waals surface area contributed by atoms with Gasteiger partial charge in [0.25, 0.3) is 11.4 Å². The third-order valence-corrected chi connectivity index (χ3v) is 2.45. The number of imidazole rings is 1. The molecule has 0 N–H and O–H groups in total. The summed E-state index contributed by atoms with van der Waals surface area (Å²) in [5.74, 6) is 0. The Balaban J connectivity index is 2.65. The van der Waals surface area contributed by atoms with Crippen LogP contribution in [0.4, 0.5) is 11.4 Å². The molecule has 0 saturated carbocycles. The summed E-state index contributed by atoms with van der Waals surface area (Å²) in [6.45, 7) is 1.73. The first-order chi connectivity index (χ1) is 8.50. The van der Waals surface area contributed by atoms with Crippen LogP contribution in [0.25, 0.3) is 5.69 Å². The van der Waals surface area contributed by atoms with Gasteiger partial charge in [-0.15, -0.1) is 0 Å². The highest BCUT2D eigenvalue weighted by atomic mass is 16.6. The number of hydrogen-bond acceptors (Lipinski definition) is 5. The molecule has 0 aliphatic rings. The Labute approximate surface area is 101 Å². The molecule has 0 atom stereocenters. The van der Waals surface area contributed by atoms with E-state index in [-0.39, 0.29) is 17.1 Å². The van der Waals surface area contributed by atoms with Crippen LogP contribution in [0.5, 0.6) is 0 Å². The molecule has 92 valence electrons. The molecule has 0 aliphatic heterocycles. The summed E-state index contributed by atoms with van der Waals surface area (Å²) >= 11 is 0. The van der Waals surface area contributed by atoms with E-state index in [2.05, 4.69) is 4.98 Å². The minimum absolute atomic E-state index is 0.251. The second kappa shape index (κ2) is 4.24. The quantitative estimate of drug-likeness (QED) is 0.610. The number of benzene rings is 1. The van der Waals surface area contributed by atoms with E-state index in [0.29, 0.717) is 5.69 Å². The fourth-order valence-corrected chi connectivity index (χ4v) is 1.59. The predicted molar refractivity (Wildman–Crippen MR) is 61.6 cm³/mol. The van der Waals surface area contributed by atoms with Crippen LogP contribution in [-0.2, 0) is 0 Å². The lowest BCUT2D eigenvalue weighted by molar-refractivity contribution is -0.394. The zero-order valence-corrected chi connectivity index (χ0v) is 9.31. The van der Waals surface area contributed by atoms with Crippen LogP contribution >= 0.6 is 0 Å². The van der Waals surface area contributed by atoms with Crippen molar-refractivity contribution in [3.63, 3.8) is 0 Å². The Bertz CT molecular complexity index is 635. The molecule has 8 heteroatoms. The lowest BCUT2D eigenvalue weighted by Gasteiger charge is -2.05. The maximum absolute atomic E-state index is 11.0. The summed E-state index contributed by atoms with van der Waals surface area (Å²) in [5.41, 5.74) is 0.307. The number of nitro benzene ring substituents is 2. The zero-order valence-electron chi connectivity index (χ0n) is 9.31. The van der Waals surface area contributed by atoms with Crippen molar-refractivity contribution in [3.05, 3.63) is 56.6 Å². The first kappa shape index (κ1) is 11.7. The fraction of sp³-hybridized carbons (Fsp3) is 0.100. The number of non-ortho nitro benzene ring substituents is 1. The SMILES string of the molecule is Cc1cncn1-c1ccc([N+](=O)[O-])cc1[N+](=O)[O-]. The molecule has 1 aromatic heterocycles. The predicted octanol–water partition coefficient (Wildman–Crippen LogP) is 2.00. The lowest BCUT2D eigenvalue weighted by atomic mass is 10.2. The van der Waals surface area contributed by atoms with Gasteiger partial charge in [-0.1, -0.05) is 0 Å². The molecule has 0 bridgehead atoms. The van der Waals surface area contributed by atoms with Crippen LogP contribution in [0.2, 0.25) is 0 Å². The highest BCUT2D eigenvalue weighted by Gasteiger charge is 2.21. The first-order valence-electron chi connectivity index (χ1n) is 4.93. The maximum Gasteiger partial charge on any atom is 0.300 e. The van der Waals surface area contributed by atoms with Crippen molar-refractivity contribution >= 4 is 11.4 Å². The molecule has 0 fully saturated rings. The van der Waals surface area contributed by atoms with Crippen molar-refractivity contribution in [3.8, 4) is 5.69 Å². The summed E-state index contributed by atoms with van der Waals surface area (Å²) in [6, 6.07) is 3.50. The number of rotatable bonds is 3. The molecule has 0 unspecified atom stereocenters. The Morgan fingerprint density at radius 3 is 2.44 bits per heavy atom. The molecule has 0 amide bonds. The number of aromatic nitrogens is 2. The van der Waals surface area contributed by atoms with Gasteiger partial charge in [-0.2, -0.15) is 0 Å². The van der Waals surface area contributed by atoms with Gasteiger partial charge in [0, 0.05) is 18.0 Å². The Morgan fingerprint density at radius 1 is 1.22 bits per heavy atom. The molecule has 2 rings (SSSR count). The van der Waals surface area contributed by atoms with E-state index in [1.54, 1.807) is 13.1 Å². The van der Waals surface area contributed by atoms with Crippen molar-refractivity contribution in [2.24, 2.45) is 0 Å². The number of aryl methyl sites for hydroxylation is 1. The third-order valence-electron chi connectivity index (χ3n) is 2.45. The highest BCUT2D eigenvalue weighted by molar-refractivity contribution is 5.58. The topological polar surface area (TPSA) is 104 Å². The third kappa shape index (κ3) is 1.90. The largest absolute Gasteiger partial charge is 0.300 e. The van der Waals surface area contributed by atoms with Crippen molar-refractivity contribution in [1.29, 1.82) is 0 Å². The highest BCUT2D eigenvalue weighted by Crippen LogP contribution is 2.28. The molecule has 1 aromatic carbocycles. The van der Waals surface area contributed by atoms with Gasteiger partial charge in [-0.3, -0.25) is 24.8 Å². The van der Waals surface area contributed by atoms with Gasteiger partial charge in [0.1, 0.15) is 5.69 Å². The van der Waals surface area contributed by atoms with E-state index >= 15 is 0 Å². The van der Waals surface area contributed by atoms with Crippen molar-refractivity contribution < 1.29 is 9.85 Å². The van der Waals surface area contributed by atoms with Gasteiger partial charge in [0.2, 0.25) is 0 Å². The summed E-state index contributed by atoms with van der Waals surface area (Å²) in [7, 11) is 0. The van der Waals surface area contributed by atoms with Crippen LogP contribution in [0, 0.1) is 27.2 Å². The molecule has 0 radical (unpaired) electrons. The Hall–Kier alpha value is -2.77. The number of nitro groups is 2. The molecule has 8 nitrogen and oxygen atoms in total. The molecular weight excluding hydrogens is 240 g/mol. The van der Waals surface area contributed by atoms with Crippen LogP contribution < -0.4 is 0 Å². The van der Waals surface area contributed by atoms with Gasteiger partial charge in [-0.25, -0.2) is 4.98 Å². The number of hydrogen-bond donors (Lipinski definition) is 0. The van der Waals surface area contributed by atoms with Crippen LogP contribution in [-0.4, -0.2) is 19.4 Å². The zero-order chi connectivity index (χ0) is 13.3. The van der Waals surface area contributed by atoms with E-state index in [4.69, 9.17) is 0 Å². The second-order valence-corrected chi connectivity index (χ2v) is 3.59. The Kier molecular flexibility index (Phi) is 2.76. The normalized spacial score (nSPS) is 10.3. The van der Waals surface area contributed by atoms with E-state index in [9.17, 15) is 20.2 Å². The molecular formula is C10H8N4O4.